The van der Waals surface area contributed by atoms with E-state index >= 15 is 0 Å². The molecule has 0 bridgehead atoms. The van der Waals surface area contributed by atoms with Crippen molar-refractivity contribution in [3.63, 3.8) is 0 Å². The summed E-state index contributed by atoms with van der Waals surface area (Å²) in [7, 11) is 1.69. The van der Waals surface area contributed by atoms with E-state index in [0.717, 1.165) is 69.5 Å². The minimum absolute atomic E-state index is 0.158. The van der Waals surface area contributed by atoms with Gasteiger partial charge in [0.05, 0.1) is 6.61 Å². The SMILES string of the molecule is CCC(CC)CC(=O)NC(CCN(CCOC)C1CC(CCc2ccc3c(n2)NCCC3)C1)C(=O)O. The number of pyridine rings is 1. The first-order valence-electron chi connectivity index (χ1n) is 13.9. The lowest BCUT2D eigenvalue weighted by Gasteiger charge is -2.43. The Morgan fingerprint density at radius 1 is 1.25 bits per heavy atom. The predicted octanol–water partition coefficient (Wildman–Crippen LogP) is 3.89. The number of fused-ring (bicyclic) bond motifs is 1. The minimum Gasteiger partial charge on any atom is -0.480 e. The third-order valence-corrected chi connectivity index (χ3v) is 8.04. The number of hydrogen-bond donors (Lipinski definition) is 3. The summed E-state index contributed by atoms with van der Waals surface area (Å²) in [4.78, 5) is 31.4. The van der Waals surface area contributed by atoms with Gasteiger partial charge in [0.15, 0.2) is 0 Å². The zero-order valence-electron chi connectivity index (χ0n) is 22.4. The number of aromatic nitrogens is 1. The van der Waals surface area contributed by atoms with Gasteiger partial charge in [-0.05, 0) is 68.4 Å². The molecule has 1 aliphatic carbocycles. The van der Waals surface area contributed by atoms with E-state index in [1.54, 1.807) is 7.11 Å². The van der Waals surface area contributed by atoms with E-state index in [2.05, 4.69) is 41.5 Å². The van der Waals surface area contributed by atoms with Crippen LogP contribution in [0.4, 0.5) is 5.82 Å². The van der Waals surface area contributed by atoms with Gasteiger partial charge in [-0.15, -0.1) is 0 Å². The molecule has 1 fully saturated rings. The number of carbonyl (C=O) groups excluding carboxylic acids is 1. The number of rotatable bonds is 16. The summed E-state index contributed by atoms with van der Waals surface area (Å²) in [5, 5.41) is 15.9. The Hall–Kier alpha value is -2.19. The predicted molar refractivity (Wildman–Crippen MR) is 142 cm³/mol. The van der Waals surface area contributed by atoms with E-state index < -0.39 is 12.0 Å². The van der Waals surface area contributed by atoms with E-state index in [1.165, 1.54) is 12.0 Å². The van der Waals surface area contributed by atoms with Crippen molar-refractivity contribution in [2.45, 2.75) is 90.1 Å². The number of ether oxygens (including phenoxy) is 1. The fraction of sp³-hybridized carbons (Fsp3) is 0.750. The lowest BCUT2D eigenvalue weighted by atomic mass is 9.76. The van der Waals surface area contributed by atoms with Crippen molar-refractivity contribution in [2.24, 2.45) is 11.8 Å². The van der Waals surface area contributed by atoms with Gasteiger partial charge in [0.2, 0.25) is 5.91 Å². The number of amides is 1. The molecule has 3 N–H and O–H groups in total. The van der Waals surface area contributed by atoms with E-state index in [-0.39, 0.29) is 5.91 Å². The van der Waals surface area contributed by atoms with E-state index in [9.17, 15) is 14.7 Å². The number of carbonyl (C=O) groups is 2. The summed E-state index contributed by atoms with van der Waals surface area (Å²) in [5.74, 6) is 0.918. The molecule has 0 spiro atoms. The smallest absolute Gasteiger partial charge is 0.326 e. The van der Waals surface area contributed by atoms with Crippen molar-refractivity contribution in [1.82, 2.24) is 15.2 Å². The molecule has 1 aromatic rings. The van der Waals surface area contributed by atoms with Crippen LogP contribution < -0.4 is 10.6 Å². The maximum atomic E-state index is 12.4. The fourth-order valence-corrected chi connectivity index (χ4v) is 5.43. The number of aliphatic carboxylic acids is 1. The number of methoxy groups -OCH3 is 1. The molecule has 0 aromatic carbocycles. The minimum atomic E-state index is -0.960. The van der Waals surface area contributed by atoms with Crippen LogP contribution in [0.5, 0.6) is 0 Å². The average molecular weight is 503 g/mol. The molecule has 1 aliphatic heterocycles. The van der Waals surface area contributed by atoms with Gasteiger partial charge in [0, 0.05) is 44.9 Å². The van der Waals surface area contributed by atoms with Crippen molar-refractivity contribution in [3.05, 3.63) is 23.4 Å². The number of carboxylic acids is 1. The van der Waals surface area contributed by atoms with Crippen molar-refractivity contribution < 1.29 is 19.4 Å². The molecule has 0 radical (unpaired) electrons. The van der Waals surface area contributed by atoms with Gasteiger partial charge in [-0.1, -0.05) is 32.8 Å². The molecule has 1 unspecified atom stereocenters. The third-order valence-electron chi connectivity index (χ3n) is 8.04. The van der Waals surface area contributed by atoms with Gasteiger partial charge in [0.1, 0.15) is 11.9 Å². The van der Waals surface area contributed by atoms with Crippen LogP contribution in [0, 0.1) is 11.8 Å². The van der Waals surface area contributed by atoms with Crippen LogP contribution >= 0.6 is 0 Å². The van der Waals surface area contributed by atoms with Gasteiger partial charge in [-0.3, -0.25) is 9.69 Å². The second kappa shape index (κ2) is 14.5. The Labute approximate surface area is 216 Å². The molecule has 1 amide bonds. The van der Waals surface area contributed by atoms with Crippen LogP contribution in [0.2, 0.25) is 0 Å². The van der Waals surface area contributed by atoms with Crippen molar-refractivity contribution in [3.8, 4) is 0 Å². The maximum Gasteiger partial charge on any atom is 0.326 e. The number of carboxylic acid groups (broad SMARTS) is 1. The molecule has 36 heavy (non-hydrogen) atoms. The Bertz CT molecular complexity index is 839. The summed E-state index contributed by atoms with van der Waals surface area (Å²) < 4.78 is 5.31. The summed E-state index contributed by atoms with van der Waals surface area (Å²) in [6.07, 6.45) is 9.29. The summed E-state index contributed by atoms with van der Waals surface area (Å²) in [6.45, 7) is 7.18. The van der Waals surface area contributed by atoms with E-state index in [4.69, 9.17) is 9.72 Å². The van der Waals surface area contributed by atoms with Gasteiger partial charge in [-0.25, -0.2) is 9.78 Å². The maximum absolute atomic E-state index is 12.4. The van der Waals surface area contributed by atoms with Crippen LogP contribution in [0.25, 0.3) is 0 Å². The summed E-state index contributed by atoms with van der Waals surface area (Å²) in [6, 6.07) is 3.99. The van der Waals surface area contributed by atoms with Crippen LogP contribution in [0.1, 0.15) is 76.5 Å². The van der Waals surface area contributed by atoms with Gasteiger partial charge in [0.25, 0.3) is 0 Å². The average Bonchev–Trinajstić information content (AvgIpc) is 2.86. The first kappa shape index (κ1) is 28.4. The molecular formula is C28H46N4O4. The molecule has 8 nitrogen and oxygen atoms in total. The van der Waals surface area contributed by atoms with Crippen LogP contribution in [-0.2, 0) is 27.2 Å². The van der Waals surface area contributed by atoms with Crippen LogP contribution in [-0.4, -0.2) is 72.3 Å². The second-order valence-corrected chi connectivity index (χ2v) is 10.5. The Kier molecular flexibility index (Phi) is 11.5. The molecule has 0 saturated heterocycles. The molecule has 202 valence electrons. The first-order chi connectivity index (χ1) is 17.4. The van der Waals surface area contributed by atoms with Gasteiger partial charge < -0.3 is 20.5 Å². The molecule has 1 aromatic heterocycles. The van der Waals surface area contributed by atoms with Crippen LogP contribution in [0.3, 0.4) is 0 Å². The molecular weight excluding hydrogens is 456 g/mol. The summed E-state index contributed by atoms with van der Waals surface area (Å²) >= 11 is 0. The Morgan fingerprint density at radius 2 is 2.03 bits per heavy atom. The molecule has 8 heteroatoms. The van der Waals surface area contributed by atoms with E-state index in [0.29, 0.717) is 43.9 Å². The molecule has 3 rings (SSSR count). The number of aryl methyl sites for hydroxylation is 2. The number of hydrogen-bond acceptors (Lipinski definition) is 6. The first-order valence-corrected chi connectivity index (χ1v) is 13.9. The highest BCUT2D eigenvalue weighted by atomic mass is 16.5. The van der Waals surface area contributed by atoms with Crippen molar-refractivity contribution >= 4 is 17.7 Å². The van der Waals surface area contributed by atoms with Gasteiger partial charge in [-0.2, -0.15) is 0 Å². The molecule has 2 heterocycles. The van der Waals surface area contributed by atoms with Crippen molar-refractivity contribution in [1.29, 1.82) is 0 Å². The topological polar surface area (TPSA) is 104 Å². The lowest BCUT2D eigenvalue weighted by Crippen LogP contribution is -2.49. The van der Waals surface area contributed by atoms with Gasteiger partial charge >= 0.3 is 5.97 Å². The fourth-order valence-electron chi connectivity index (χ4n) is 5.43. The number of nitrogens with one attached hydrogen (secondary N) is 2. The molecule has 2 aliphatic rings. The molecule has 1 saturated carbocycles. The Morgan fingerprint density at radius 3 is 2.72 bits per heavy atom. The number of nitrogens with zero attached hydrogens (tertiary/aromatic N) is 2. The second-order valence-electron chi connectivity index (χ2n) is 10.5. The lowest BCUT2D eigenvalue weighted by molar-refractivity contribution is -0.142. The molecule has 1 atom stereocenters. The standard InChI is InChI=1S/C28H46N4O4/c1-4-20(5-2)19-26(33)31-25(28(34)35)12-14-32(15-16-36-3)24-17-21(18-24)8-10-23-11-9-22-7-6-13-29-27(22)30-23/h9,11,20-21,24-25H,4-8,10,12-19H2,1-3H3,(H,29,30)(H,31,33)(H,34,35). The number of anilines is 1. The quantitative estimate of drug-likeness (QED) is 0.315. The van der Waals surface area contributed by atoms with Crippen molar-refractivity contribution in [2.75, 3.05) is 38.7 Å². The zero-order chi connectivity index (χ0) is 25.9. The normalized spacial score (nSPS) is 19.9. The van der Waals surface area contributed by atoms with E-state index in [1.807, 2.05) is 0 Å². The highest BCUT2D eigenvalue weighted by Crippen LogP contribution is 2.35. The largest absolute Gasteiger partial charge is 0.480 e. The highest BCUT2D eigenvalue weighted by molar-refractivity contribution is 5.83. The Balaban J connectivity index is 1.45. The zero-order valence-corrected chi connectivity index (χ0v) is 22.4. The highest BCUT2D eigenvalue weighted by Gasteiger charge is 2.34. The third kappa shape index (κ3) is 8.44. The monoisotopic (exact) mass is 502 g/mol. The van der Waals surface area contributed by atoms with Crippen LogP contribution in [0.15, 0.2) is 12.1 Å². The summed E-state index contributed by atoms with van der Waals surface area (Å²) in [5.41, 5.74) is 2.49.